The van der Waals surface area contributed by atoms with Crippen LogP contribution in [0.1, 0.15) is 27.2 Å². The molecule has 1 aromatic rings. The first-order valence-corrected chi connectivity index (χ1v) is 6.46. The average molecular weight is 279 g/mol. The molecule has 0 aliphatic rings. The molecule has 5 nitrogen and oxygen atoms in total. The second-order valence-corrected chi connectivity index (χ2v) is 5.41. The maximum Gasteiger partial charge on any atom is 0.312 e. The predicted molar refractivity (Wildman–Crippen MR) is 75.7 cm³/mol. The number of nitrogens with one attached hydrogen (secondary N) is 1. The van der Waals surface area contributed by atoms with Gasteiger partial charge in [-0.1, -0.05) is 20.8 Å². The van der Waals surface area contributed by atoms with Crippen LogP contribution in [0.4, 0.5) is 0 Å². The van der Waals surface area contributed by atoms with Crippen molar-refractivity contribution in [2.45, 2.75) is 27.2 Å². The van der Waals surface area contributed by atoms with Gasteiger partial charge in [-0.3, -0.25) is 9.59 Å². The fraction of sp³-hybridized carbons (Fsp3) is 0.467. The van der Waals surface area contributed by atoms with E-state index < -0.39 is 5.41 Å². The summed E-state index contributed by atoms with van der Waals surface area (Å²) in [5.41, 5.74) is -0.458. The zero-order valence-corrected chi connectivity index (χ0v) is 12.4. The Bertz CT molecular complexity index is 460. The topological polar surface area (TPSA) is 64.6 Å². The summed E-state index contributed by atoms with van der Waals surface area (Å²) < 4.78 is 10.1. The van der Waals surface area contributed by atoms with Crippen LogP contribution in [-0.4, -0.2) is 25.5 Å². The third-order valence-electron chi connectivity index (χ3n) is 2.59. The van der Waals surface area contributed by atoms with E-state index in [9.17, 15) is 9.59 Å². The first kappa shape index (κ1) is 16.0. The van der Waals surface area contributed by atoms with Gasteiger partial charge in [0, 0.05) is 12.0 Å². The molecule has 0 aliphatic heterocycles. The number of benzene rings is 1. The molecule has 0 atom stereocenters. The van der Waals surface area contributed by atoms with Crippen molar-refractivity contribution in [3.63, 3.8) is 0 Å². The first-order valence-electron chi connectivity index (χ1n) is 6.46. The van der Waals surface area contributed by atoms with E-state index in [0.717, 1.165) is 0 Å². The second kappa shape index (κ2) is 6.93. The van der Waals surface area contributed by atoms with Crippen molar-refractivity contribution in [2.75, 3.05) is 13.7 Å². The molecule has 0 bridgehead atoms. The largest absolute Gasteiger partial charge is 0.497 e. The smallest absolute Gasteiger partial charge is 0.312 e. The van der Waals surface area contributed by atoms with Gasteiger partial charge in [0.2, 0.25) is 5.91 Å². The van der Waals surface area contributed by atoms with Crippen LogP contribution in [0.25, 0.3) is 0 Å². The number of rotatable bonds is 5. The van der Waals surface area contributed by atoms with Crippen LogP contribution in [0.5, 0.6) is 11.5 Å². The van der Waals surface area contributed by atoms with Gasteiger partial charge in [-0.05, 0) is 24.3 Å². The molecule has 0 unspecified atom stereocenters. The number of amides is 1. The standard InChI is InChI=1S/C15H21NO4/c1-15(2,3)14(18)16-10-9-13(17)20-12-7-5-11(19-4)6-8-12/h5-8H,9-10H2,1-4H3,(H,16,18). The Balaban J connectivity index is 2.35. The Morgan fingerprint density at radius 1 is 1.10 bits per heavy atom. The second-order valence-electron chi connectivity index (χ2n) is 5.41. The Morgan fingerprint density at radius 3 is 2.15 bits per heavy atom. The minimum Gasteiger partial charge on any atom is -0.497 e. The summed E-state index contributed by atoms with van der Waals surface area (Å²) >= 11 is 0. The molecule has 1 amide bonds. The highest BCUT2D eigenvalue weighted by Crippen LogP contribution is 2.17. The molecule has 0 aliphatic carbocycles. The molecule has 0 aromatic heterocycles. The minimum atomic E-state index is -0.458. The number of carbonyl (C=O) groups is 2. The molecule has 20 heavy (non-hydrogen) atoms. The predicted octanol–water partition coefficient (Wildman–Crippen LogP) is 2.15. The molecule has 5 heteroatoms. The van der Waals surface area contributed by atoms with Crippen molar-refractivity contribution in [1.29, 1.82) is 0 Å². The molecule has 1 rings (SSSR count). The maximum atomic E-state index is 11.6. The van der Waals surface area contributed by atoms with Gasteiger partial charge in [-0.2, -0.15) is 0 Å². The monoisotopic (exact) mass is 279 g/mol. The summed E-state index contributed by atoms with van der Waals surface area (Å²) in [5.74, 6) is 0.680. The lowest BCUT2D eigenvalue weighted by Gasteiger charge is -2.17. The van der Waals surface area contributed by atoms with Crippen LogP contribution in [0.3, 0.4) is 0 Å². The van der Waals surface area contributed by atoms with Crippen LogP contribution >= 0.6 is 0 Å². The summed E-state index contributed by atoms with van der Waals surface area (Å²) in [6.07, 6.45) is 0.133. The number of hydrogen-bond donors (Lipinski definition) is 1. The highest BCUT2D eigenvalue weighted by molar-refractivity contribution is 5.82. The zero-order valence-electron chi connectivity index (χ0n) is 12.4. The van der Waals surface area contributed by atoms with Crippen LogP contribution in [0.2, 0.25) is 0 Å². The third kappa shape index (κ3) is 5.30. The molecule has 0 radical (unpaired) electrons. The summed E-state index contributed by atoms with van der Waals surface area (Å²) in [4.78, 5) is 23.2. The van der Waals surface area contributed by atoms with Gasteiger partial charge in [-0.25, -0.2) is 0 Å². The molecular weight excluding hydrogens is 258 g/mol. The van der Waals surface area contributed by atoms with Crippen molar-refractivity contribution in [2.24, 2.45) is 5.41 Å². The number of methoxy groups -OCH3 is 1. The summed E-state index contributed by atoms with van der Waals surface area (Å²) in [6.45, 7) is 5.72. The van der Waals surface area contributed by atoms with E-state index in [1.165, 1.54) is 0 Å². The first-order chi connectivity index (χ1) is 9.32. The van der Waals surface area contributed by atoms with Crippen LogP contribution < -0.4 is 14.8 Å². The van der Waals surface area contributed by atoms with E-state index in [1.807, 2.05) is 20.8 Å². The molecule has 110 valence electrons. The normalized spacial score (nSPS) is 10.8. The van der Waals surface area contributed by atoms with Gasteiger partial charge in [0.1, 0.15) is 11.5 Å². The van der Waals surface area contributed by atoms with E-state index in [2.05, 4.69) is 5.32 Å². The van der Waals surface area contributed by atoms with Gasteiger partial charge in [0.05, 0.1) is 13.5 Å². The van der Waals surface area contributed by atoms with Gasteiger partial charge in [-0.15, -0.1) is 0 Å². The fourth-order valence-corrected chi connectivity index (χ4v) is 1.37. The number of ether oxygens (including phenoxy) is 2. The Morgan fingerprint density at radius 2 is 1.65 bits per heavy atom. The van der Waals surface area contributed by atoms with E-state index in [0.29, 0.717) is 11.5 Å². The molecule has 0 spiro atoms. The Hall–Kier alpha value is -2.04. The molecule has 1 N–H and O–H groups in total. The molecule has 1 aromatic carbocycles. The van der Waals surface area contributed by atoms with Crippen molar-refractivity contribution < 1.29 is 19.1 Å². The number of carbonyl (C=O) groups excluding carboxylic acids is 2. The van der Waals surface area contributed by atoms with Crippen LogP contribution in [0, 0.1) is 5.41 Å². The van der Waals surface area contributed by atoms with E-state index in [-0.39, 0.29) is 24.8 Å². The van der Waals surface area contributed by atoms with Crippen LogP contribution in [-0.2, 0) is 9.59 Å². The van der Waals surface area contributed by atoms with Gasteiger partial charge >= 0.3 is 5.97 Å². The molecule has 0 saturated heterocycles. The van der Waals surface area contributed by atoms with E-state index in [1.54, 1.807) is 31.4 Å². The molecule has 0 fully saturated rings. The average Bonchev–Trinajstić information content (AvgIpc) is 2.38. The summed E-state index contributed by atoms with van der Waals surface area (Å²) in [6, 6.07) is 6.74. The Labute approximate surface area is 119 Å². The lowest BCUT2D eigenvalue weighted by Crippen LogP contribution is -2.36. The number of esters is 1. The van der Waals surface area contributed by atoms with Crippen LogP contribution in [0.15, 0.2) is 24.3 Å². The van der Waals surface area contributed by atoms with Crippen molar-refractivity contribution in [3.8, 4) is 11.5 Å². The van der Waals surface area contributed by atoms with Gasteiger partial charge < -0.3 is 14.8 Å². The fourth-order valence-electron chi connectivity index (χ4n) is 1.37. The minimum absolute atomic E-state index is 0.0882. The Kier molecular flexibility index (Phi) is 5.55. The van der Waals surface area contributed by atoms with Gasteiger partial charge in [0.25, 0.3) is 0 Å². The lowest BCUT2D eigenvalue weighted by molar-refractivity contribution is -0.134. The quantitative estimate of drug-likeness (QED) is 0.662. The highest BCUT2D eigenvalue weighted by atomic mass is 16.5. The van der Waals surface area contributed by atoms with E-state index >= 15 is 0 Å². The van der Waals surface area contributed by atoms with Gasteiger partial charge in [0.15, 0.2) is 0 Å². The van der Waals surface area contributed by atoms with E-state index in [4.69, 9.17) is 9.47 Å². The van der Waals surface area contributed by atoms with Crippen molar-refractivity contribution in [3.05, 3.63) is 24.3 Å². The summed E-state index contributed by atoms with van der Waals surface area (Å²) in [7, 11) is 1.57. The number of hydrogen-bond acceptors (Lipinski definition) is 4. The zero-order chi connectivity index (χ0) is 15.2. The summed E-state index contributed by atoms with van der Waals surface area (Å²) in [5, 5.41) is 2.70. The molecule has 0 saturated carbocycles. The third-order valence-corrected chi connectivity index (χ3v) is 2.59. The molecular formula is C15H21NO4. The molecule has 0 heterocycles. The SMILES string of the molecule is COc1ccc(OC(=O)CCNC(=O)C(C)(C)C)cc1. The maximum absolute atomic E-state index is 11.6. The van der Waals surface area contributed by atoms with Crippen molar-refractivity contribution >= 4 is 11.9 Å². The highest BCUT2D eigenvalue weighted by Gasteiger charge is 2.20. The lowest BCUT2D eigenvalue weighted by atomic mass is 9.96. The van der Waals surface area contributed by atoms with Crippen molar-refractivity contribution in [1.82, 2.24) is 5.32 Å².